The molecule has 10 heavy (non-hydrogen) atoms. The summed E-state index contributed by atoms with van der Waals surface area (Å²) in [6.45, 7) is 0. The lowest BCUT2D eigenvalue weighted by molar-refractivity contribution is 0.342. The fourth-order valence-electron chi connectivity index (χ4n) is 1.75. The van der Waals surface area contributed by atoms with Crippen LogP contribution in [0.5, 0.6) is 0 Å². The lowest BCUT2D eigenvalue weighted by Crippen LogP contribution is -2.05. The van der Waals surface area contributed by atoms with Gasteiger partial charge in [0.15, 0.2) is 0 Å². The Labute approximate surface area is 64.0 Å². The molecule has 1 fully saturated rings. The van der Waals surface area contributed by atoms with E-state index in [9.17, 15) is 0 Å². The summed E-state index contributed by atoms with van der Waals surface area (Å²) in [5.74, 6) is 3.39. The van der Waals surface area contributed by atoms with Gasteiger partial charge in [0, 0.05) is 6.42 Å². The molecule has 0 heterocycles. The van der Waals surface area contributed by atoms with Crippen LogP contribution in [0.3, 0.4) is 0 Å². The van der Waals surface area contributed by atoms with Crippen molar-refractivity contribution in [3.05, 3.63) is 6.42 Å². The molecule has 1 rings (SSSR count). The highest BCUT2D eigenvalue weighted by molar-refractivity contribution is 4.78. The van der Waals surface area contributed by atoms with Crippen LogP contribution in [0.15, 0.2) is 0 Å². The Morgan fingerprint density at radius 2 is 1.90 bits per heavy atom. The highest BCUT2D eigenvalue weighted by atomic mass is 14.2. The van der Waals surface area contributed by atoms with Gasteiger partial charge in [-0.25, -0.2) is 0 Å². The molecule has 0 spiro atoms. The Hall–Kier alpha value is -0.440. The maximum atomic E-state index is 6.77. The molecular formula is C10H15. The molecule has 0 aromatic carbocycles. The van der Waals surface area contributed by atoms with Crippen molar-refractivity contribution in [1.82, 2.24) is 0 Å². The SMILES string of the molecule is [C]#CCCC1CCCCC1. The molecule has 0 unspecified atom stereocenters. The third-order valence-electron chi connectivity index (χ3n) is 2.40. The van der Waals surface area contributed by atoms with Gasteiger partial charge in [0.2, 0.25) is 0 Å². The van der Waals surface area contributed by atoms with Crippen molar-refractivity contribution in [3.8, 4) is 5.92 Å². The topological polar surface area (TPSA) is 0 Å². The molecule has 0 aromatic heterocycles. The van der Waals surface area contributed by atoms with Crippen LogP contribution in [0.4, 0.5) is 0 Å². The summed E-state index contributed by atoms with van der Waals surface area (Å²) in [6.07, 6.45) is 15.9. The fraction of sp³-hybridized carbons (Fsp3) is 0.800. The molecule has 0 atom stereocenters. The third kappa shape index (κ3) is 2.43. The molecule has 0 nitrogen and oxygen atoms in total. The van der Waals surface area contributed by atoms with E-state index >= 15 is 0 Å². The van der Waals surface area contributed by atoms with Crippen LogP contribution >= 0.6 is 0 Å². The second-order valence-electron chi connectivity index (χ2n) is 3.22. The Bertz CT molecular complexity index is 112. The van der Waals surface area contributed by atoms with Gasteiger partial charge in [0.05, 0.1) is 0 Å². The molecule has 0 saturated heterocycles. The lowest BCUT2D eigenvalue weighted by atomic mass is 9.86. The van der Waals surface area contributed by atoms with E-state index in [4.69, 9.17) is 6.42 Å². The van der Waals surface area contributed by atoms with Gasteiger partial charge in [-0.1, -0.05) is 38.0 Å². The Balaban J connectivity index is 2.09. The fourth-order valence-corrected chi connectivity index (χ4v) is 1.75. The summed E-state index contributed by atoms with van der Waals surface area (Å²) in [5.41, 5.74) is 0. The Morgan fingerprint density at radius 1 is 1.20 bits per heavy atom. The number of hydrogen-bond acceptors (Lipinski definition) is 0. The molecule has 1 saturated carbocycles. The van der Waals surface area contributed by atoms with Gasteiger partial charge in [-0.2, -0.15) is 0 Å². The summed E-state index contributed by atoms with van der Waals surface area (Å²) in [4.78, 5) is 0. The summed E-state index contributed by atoms with van der Waals surface area (Å²) >= 11 is 0. The van der Waals surface area contributed by atoms with Crippen LogP contribution in [0.2, 0.25) is 0 Å². The summed E-state index contributed by atoms with van der Waals surface area (Å²) in [7, 11) is 0. The maximum absolute atomic E-state index is 6.77. The third-order valence-corrected chi connectivity index (χ3v) is 2.40. The molecular weight excluding hydrogens is 120 g/mol. The molecule has 1 aliphatic carbocycles. The zero-order valence-corrected chi connectivity index (χ0v) is 6.53. The van der Waals surface area contributed by atoms with E-state index in [0.717, 1.165) is 12.3 Å². The highest BCUT2D eigenvalue weighted by Crippen LogP contribution is 2.26. The summed E-state index contributed by atoms with van der Waals surface area (Å²) < 4.78 is 0. The van der Waals surface area contributed by atoms with Gasteiger partial charge >= 0.3 is 0 Å². The summed E-state index contributed by atoms with van der Waals surface area (Å²) in [5, 5.41) is 0. The minimum absolute atomic E-state index is 0.880. The maximum Gasteiger partial charge on any atom is 0.0102 e. The number of rotatable bonds is 2. The van der Waals surface area contributed by atoms with E-state index in [1.54, 1.807) is 0 Å². The van der Waals surface area contributed by atoms with E-state index < -0.39 is 0 Å². The second kappa shape index (κ2) is 4.39. The monoisotopic (exact) mass is 135 g/mol. The molecule has 0 aromatic rings. The second-order valence-corrected chi connectivity index (χ2v) is 3.22. The number of hydrogen-bond donors (Lipinski definition) is 0. The lowest BCUT2D eigenvalue weighted by Gasteiger charge is -2.19. The van der Waals surface area contributed by atoms with E-state index in [-0.39, 0.29) is 0 Å². The zero-order valence-electron chi connectivity index (χ0n) is 6.53. The molecule has 0 bridgehead atoms. The van der Waals surface area contributed by atoms with Crippen LogP contribution in [-0.2, 0) is 0 Å². The van der Waals surface area contributed by atoms with Gasteiger partial charge in [-0.15, -0.1) is 0 Å². The van der Waals surface area contributed by atoms with E-state index in [1.807, 2.05) is 0 Å². The molecule has 0 aliphatic heterocycles. The standard InChI is InChI=1S/C10H15/c1-2-3-7-10-8-5-4-6-9-10/h10H,3-9H2. The van der Waals surface area contributed by atoms with Gasteiger partial charge in [0.1, 0.15) is 0 Å². The molecule has 1 radical (unpaired) electrons. The van der Waals surface area contributed by atoms with Gasteiger partial charge in [-0.3, -0.25) is 0 Å². The molecule has 1 aliphatic rings. The van der Waals surface area contributed by atoms with Crippen LogP contribution in [0, 0.1) is 18.3 Å². The first-order chi connectivity index (χ1) is 4.93. The van der Waals surface area contributed by atoms with Crippen molar-refractivity contribution in [1.29, 1.82) is 0 Å². The van der Waals surface area contributed by atoms with Crippen LogP contribution in [0.1, 0.15) is 44.9 Å². The zero-order chi connectivity index (χ0) is 7.23. The van der Waals surface area contributed by atoms with Crippen molar-refractivity contribution >= 4 is 0 Å². The van der Waals surface area contributed by atoms with E-state index in [0.29, 0.717) is 0 Å². The largest absolute Gasteiger partial charge is 0.0891 e. The minimum atomic E-state index is 0.880. The average Bonchev–Trinajstić information content (AvgIpc) is 2.03. The Kier molecular flexibility index (Phi) is 3.36. The molecule has 55 valence electrons. The van der Waals surface area contributed by atoms with Crippen molar-refractivity contribution < 1.29 is 0 Å². The molecule has 0 heteroatoms. The van der Waals surface area contributed by atoms with E-state index in [1.165, 1.54) is 38.5 Å². The predicted molar refractivity (Wildman–Crippen MR) is 42.9 cm³/mol. The quantitative estimate of drug-likeness (QED) is 0.511. The van der Waals surface area contributed by atoms with Crippen LogP contribution in [0.25, 0.3) is 0 Å². The van der Waals surface area contributed by atoms with E-state index in [2.05, 4.69) is 5.92 Å². The minimum Gasteiger partial charge on any atom is -0.0891 e. The average molecular weight is 135 g/mol. The molecule has 0 amide bonds. The van der Waals surface area contributed by atoms with Crippen LogP contribution < -0.4 is 0 Å². The van der Waals surface area contributed by atoms with Crippen LogP contribution in [-0.4, -0.2) is 0 Å². The summed E-state index contributed by atoms with van der Waals surface area (Å²) in [6, 6.07) is 0. The van der Waals surface area contributed by atoms with Gasteiger partial charge < -0.3 is 0 Å². The van der Waals surface area contributed by atoms with Crippen molar-refractivity contribution in [2.45, 2.75) is 44.9 Å². The van der Waals surface area contributed by atoms with Crippen molar-refractivity contribution in [3.63, 3.8) is 0 Å². The van der Waals surface area contributed by atoms with Gasteiger partial charge in [0.25, 0.3) is 0 Å². The first-order valence-electron chi connectivity index (χ1n) is 4.33. The Morgan fingerprint density at radius 3 is 2.50 bits per heavy atom. The predicted octanol–water partition coefficient (Wildman–Crippen LogP) is 2.94. The molecule has 0 N–H and O–H groups in total. The van der Waals surface area contributed by atoms with Crippen molar-refractivity contribution in [2.75, 3.05) is 0 Å². The van der Waals surface area contributed by atoms with Crippen molar-refractivity contribution in [2.24, 2.45) is 5.92 Å². The normalized spacial score (nSPS) is 20.3. The first-order valence-corrected chi connectivity index (χ1v) is 4.33. The first kappa shape index (κ1) is 7.66. The van der Waals surface area contributed by atoms with Gasteiger partial charge in [-0.05, 0) is 18.8 Å². The smallest absolute Gasteiger partial charge is 0.0102 e. The highest BCUT2D eigenvalue weighted by Gasteiger charge is 2.11.